The fourth-order valence-corrected chi connectivity index (χ4v) is 2.00. The van der Waals surface area contributed by atoms with Crippen LogP contribution in [0, 0.1) is 0 Å². The lowest BCUT2D eigenvalue weighted by molar-refractivity contribution is 0.0591. The Labute approximate surface area is 188 Å². The predicted molar refractivity (Wildman–Crippen MR) is 113 cm³/mol. The maximum atomic E-state index is 11.2. The molecule has 1 heterocycles. The van der Waals surface area contributed by atoms with Crippen LogP contribution >= 0.6 is 0 Å². The number of ether oxygens (including phenoxy) is 4. The summed E-state index contributed by atoms with van der Waals surface area (Å²) in [4.78, 5) is 22.2. The second-order valence-corrected chi connectivity index (χ2v) is 5.54. The van der Waals surface area contributed by atoms with Crippen molar-refractivity contribution in [3.05, 3.63) is 70.8 Å². The van der Waals surface area contributed by atoms with Crippen LogP contribution in [0.4, 0.5) is 0 Å². The molecule has 1 aliphatic rings. The van der Waals surface area contributed by atoms with E-state index in [2.05, 4.69) is 21.1 Å². The summed E-state index contributed by atoms with van der Waals surface area (Å²) in [6.07, 6.45) is 0.988. The Morgan fingerprint density at radius 2 is 1.40 bits per heavy atom. The molecule has 1 saturated heterocycles. The Balaban J connectivity index is 0.000000321. The zero-order valence-electron chi connectivity index (χ0n) is 24.9. The van der Waals surface area contributed by atoms with Gasteiger partial charge in [-0.15, -0.1) is 0 Å². The first-order valence-corrected chi connectivity index (χ1v) is 8.81. The maximum Gasteiger partial charge on any atom is 0.337 e. The highest BCUT2D eigenvalue weighted by Gasteiger charge is 2.04. The first-order chi connectivity index (χ1) is 17.4. The summed E-state index contributed by atoms with van der Waals surface area (Å²) in [6, 6.07) is 13.4. The molecule has 7 heteroatoms. The fraction of sp³-hybridized carbons (Fsp3) is 0.391. The predicted octanol–water partition coefficient (Wildman–Crippen LogP) is 3.03. The summed E-state index contributed by atoms with van der Waals surface area (Å²) >= 11 is 0. The zero-order valence-corrected chi connectivity index (χ0v) is 16.9. The second-order valence-electron chi connectivity index (χ2n) is 5.54. The molecular formula is C23H30O7. The number of benzene rings is 2. The molecule has 1 fully saturated rings. The molecule has 0 amide bonds. The number of carbonyl (C=O) groups is 2. The Kier molecular flexibility index (Phi) is 7.63. The van der Waals surface area contributed by atoms with Crippen molar-refractivity contribution in [2.75, 3.05) is 40.5 Å². The van der Waals surface area contributed by atoms with E-state index in [4.69, 9.17) is 20.8 Å². The Hall–Kier alpha value is -2.74. The maximum absolute atomic E-state index is 11.2. The number of carbonyl (C=O) groups excluding carboxylic acids is 2. The molecule has 3 rings (SSSR count). The van der Waals surface area contributed by atoms with E-state index in [1.807, 2.05) is 12.1 Å². The minimum Gasteiger partial charge on any atom is -0.465 e. The van der Waals surface area contributed by atoms with E-state index >= 15 is 0 Å². The largest absolute Gasteiger partial charge is 0.465 e. The summed E-state index contributed by atoms with van der Waals surface area (Å²) in [5, 5.41) is 8.94. The molecule has 30 heavy (non-hydrogen) atoms. The molecule has 0 aromatic heterocycles. The van der Waals surface area contributed by atoms with Gasteiger partial charge in [0.25, 0.3) is 0 Å². The molecule has 1 N–H and O–H groups in total. The van der Waals surface area contributed by atoms with Crippen LogP contribution < -0.4 is 0 Å². The first-order valence-electron chi connectivity index (χ1n) is 12.8. The minimum absolute atomic E-state index is 0.242. The van der Waals surface area contributed by atoms with Crippen LogP contribution in [-0.4, -0.2) is 57.5 Å². The van der Waals surface area contributed by atoms with Crippen LogP contribution in [0.25, 0.3) is 0 Å². The molecule has 0 unspecified atom stereocenters. The van der Waals surface area contributed by atoms with Crippen molar-refractivity contribution in [3.8, 4) is 0 Å². The SMILES string of the molecule is CCc1ccc(C(=O)OC)cc1.[2H]C([2H])(O)C([2H])([2H])OCc1ccc(C(=O)OC)cc1.[2H]C1([2H])OC1([2H])[2H]. The lowest BCUT2D eigenvalue weighted by atomic mass is 10.1. The van der Waals surface area contributed by atoms with E-state index < -0.39 is 32.2 Å². The number of aliphatic hydroxyl groups is 1. The molecule has 7 nitrogen and oxygen atoms in total. The van der Waals surface area contributed by atoms with Crippen molar-refractivity contribution in [1.82, 2.24) is 0 Å². The number of rotatable bonds is 7. The quantitative estimate of drug-likeness (QED) is 0.537. The normalized spacial score (nSPS) is 19.5. The first kappa shape index (κ1) is 15.1. The number of epoxide rings is 1. The third-order valence-electron chi connectivity index (χ3n) is 3.62. The topological polar surface area (TPSA) is 94.6 Å². The van der Waals surface area contributed by atoms with E-state index in [-0.39, 0.29) is 12.6 Å². The molecule has 0 spiro atoms. The summed E-state index contributed by atoms with van der Waals surface area (Å²) in [5.74, 6) is -0.771. The summed E-state index contributed by atoms with van der Waals surface area (Å²) in [6.45, 7) is -8.13. The van der Waals surface area contributed by atoms with Gasteiger partial charge in [0.2, 0.25) is 0 Å². The third kappa shape index (κ3) is 10.7. The van der Waals surface area contributed by atoms with Gasteiger partial charge < -0.3 is 24.1 Å². The number of aryl methyl sites for hydroxylation is 1. The molecule has 1 aliphatic heterocycles. The van der Waals surface area contributed by atoms with Crippen LogP contribution in [-0.2, 0) is 32.0 Å². The number of hydrogen-bond donors (Lipinski definition) is 1. The summed E-state index contributed by atoms with van der Waals surface area (Å²) < 4.78 is 72.0. The molecule has 0 radical (unpaired) electrons. The molecular weight excluding hydrogens is 388 g/mol. The zero-order chi connectivity index (χ0) is 29.4. The molecule has 2 aromatic carbocycles. The van der Waals surface area contributed by atoms with Crippen LogP contribution in [0.3, 0.4) is 0 Å². The summed E-state index contributed by atoms with van der Waals surface area (Å²) in [7, 11) is 2.65. The molecule has 0 bridgehead atoms. The monoisotopic (exact) mass is 426 g/mol. The average molecular weight is 427 g/mol. The molecule has 0 saturated carbocycles. The van der Waals surface area contributed by atoms with Gasteiger partial charge in [-0.1, -0.05) is 31.2 Å². The fourth-order valence-electron chi connectivity index (χ4n) is 2.00. The van der Waals surface area contributed by atoms with Crippen LogP contribution in [0.2, 0.25) is 0 Å². The van der Waals surface area contributed by atoms with Crippen molar-refractivity contribution in [1.29, 1.82) is 0 Å². The van der Waals surface area contributed by atoms with Gasteiger partial charge in [-0.25, -0.2) is 9.59 Å². The van der Waals surface area contributed by atoms with Crippen LogP contribution in [0.15, 0.2) is 48.5 Å². The molecule has 0 atom stereocenters. The Morgan fingerprint density at radius 1 is 0.967 bits per heavy atom. The lowest BCUT2D eigenvalue weighted by Gasteiger charge is -2.03. The number of esters is 2. The molecule has 164 valence electrons. The van der Waals surface area contributed by atoms with Crippen LogP contribution in [0.1, 0.15) is 49.7 Å². The van der Waals surface area contributed by atoms with E-state index in [9.17, 15) is 9.59 Å². The highest BCUT2D eigenvalue weighted by molar-refractivity contribution is 5.89. The van der Waals surface area contributed by atoms with E-state index in [0.717, 1.165) is 6.42 Å². The van der Waals surface area contributed by atoms with E-state index in [0.29, 0.717) is 16.7 Å². The Morgan fingerprint density at radius 3 is 1.73 bits per heavy atom. The van der Waals surface area contributed by atoms with Crippen molar-refractivity contribution in [3.63, 3.8) is 0 Å². The van der Waals surface area contributed by atoms with Gasteiger partial charge in [0.1, 0.15) is 0 Å². The average Bonchev–Trinajstić information content (AvgIpc) is 3.35. The van der Waals surface area contributed by atoms with Gasteiger partial charge in [0.15, 0.2) is 0 Å². The second kappa shape index (κ2) is 15.1. The van der Waals surface area contributed by atoms with Crippen molar-refractivity contribution >= 4 is 11.9 Å². The van der Waals surface area contributed by atoms with Crippen molar-refractivity contribution in [2.24, 2.45) is 0 Å². The molecule has 0 aliphatic carbocycles. The smallest absolute Gasteiger partial charge is 0.337 e. The van der Waals surface area contributed by atoms with Gasteiger partial charge >= 0.3 is 11.9 Å². The van der Waals surface area contributed by atoms with Gasteiger partial charge in [0.05, 0.1) is 69.2 Å². The lowest BCUT2D eigenvalue weighted by Crippen LogP contribution is -2.02. The number of methoxy groups -OCH3 is 2. The van der Waals surface area contributed by atoms with Crippen LogP contribution in [0.5, 0.6) is 0 Å². The van der Waals surface area contributed by atoms with Gasteiger partial charge in [-0.3, -0.25) is 0 Å². The minimum atomic E-state index is -3.10. The Bertz CT molecular complexity index is 1040. The van der Waals surface area contributed by atoms with Gasteiger partial charge in [-0.05, 0) is 41.8 Å². The highest BCUT2D eigenvalue weighted by atomic mass is 16.6. The number of hydrogen-bond acceptors (Lipinski definition) is 7. The standard InChI is InChI=1S/C11H14O4.C10H12O2.C2H4O/c1-14-11(13)10-4-2-9(3-5-10)8-15-7-6-12;1-3-8-4-6-9(7-5-8)10(11)12-2;1-2-3-1/h2-5,12H,6-8H2,1H3;4-7H,3H2,1-2H3;1-2H2/i6D2,7D2;;1D2,2D2. The van der Waals surface area contributed by atoms with Gasteiger partial charge in [0, 0.05) is 0 Å². The molecule has 2 aromatic rings. The van der Waals surface area contributed by atoms with Crippen molar-refractivity contribution < 1.29 is 44.6 Å². The van der Waals surface area contributed by atoms with Crippen molar-refractivity contribution in [2.45, 2.75) is 20.0 Å². The third-order valence-corrected chi connectivity index (χ3v) is 3.62. The highest BCUT2D eigenvalue weighted by Crippen LogP contribution is 2.07. The van der Waals surface area contributed by atoms with E-state index in [1.165, 1.54) is 44.0 Å². The van der Waals surface area contributed by atoms with Gasteiger partial charge in [-0.2, -0.15) is 0 Å². The summed E-state index contributed by atoms with van der Waals surface area (Å²) in [5.41, 5.74) is 2.70. The van der Waals surface area contributed by atoms with E-state index in [1.54, 1.807) is 12.1 Å².